The maximum Gasteiger partial charge on any atom is 0.168 e. The predicted molar refractivity (Wildman–Crippen MR) is 77.3 cm³/mol. The summed E-state index contributed by atoms with van der Waals surface area (Å²) >= 11 is 7.15. The largest absolute Gasteiger partial charge is 0.382 e. The summed E-state index contributed by atoms with van der Waals surface area (Å²) in [5.74, 6) is 1.09. The standard InChI is InChI=1S/C11H24N2OS2/c1-5-14-8-6-7-12-11(15)13(3)10(2)9-16-4/h10H,5-9H2,1-4H3,(H,12,15). The van der Waals surface area contributed by atoms with E-state index in [4.69, 9.17) is 17.0 Å². The van der Waals surface area contributed by atoms with E-state index in [9.17, 15) is 0 Å². The van der Waals surface area contributed by atoms with Crippen LogP contribution < -0.4 is 5.32 Å². The zero-order valence-electron chi connectivity index (χ0n) is 10.8. The Bertz CT molecular complexity index is 191. The highest BCUT2D eigenvalue weighted by Gasteiger charge is 2.10. The van der Waals surface area contributed by atoms with Gasteiger partial charge < -0.3 is 15.0 Å². The third-order valence-corrected chi connectivity index (χ3v) is 3.58. The summed E-state index contributed by atoms with van der Waals surface area (Å²) in [6.45, 7) is 6.67. The molecule has 0 aromatic rings. The molecule has 3 nitrogen and oxygen atoms in total. The molecule has 96 valence electrons. The Labute approximate surface area is 109 Å². The Morgan fingerprint density at radius 3 is 2.81 bits per heavy atom. The third-order valence-electron chi connectivity index (χ3n) is 2.34. The summed E-state index contributed by atoms with van der Waals surface area (Å²) in [5, 5.41) is 4.08. The quantitative estimate of drug-likeness (QED) is 0.534. The normalized spacial score (nSPS) is 12.2. The highest BCUT2D eigenvalue weighted by atomic mass is 32.2. The van der Waals surface area contributed by atoms with E-state index in [1.807, 2.05) is 25.7 Å². The van der Waals surface area contributed by atoms with Gasteiger partial charge in [-0.2, -0.15) is 11.8 Å². The molecule has 0 fully saturated rings. The molecule has 0 aliphatic rings. The van der Waals surface area contributed by atoms with Crippen molar-refractivity contribution in [2.45, 2.75) is 26.3 Å². The minimum absolute atomic E-state index is 0.474. The Kier molecular flexibility index (Phi) is 10.2. The molecule has 0 heterocycles. The van der Waals surface area contributed by atoms with E-state index < -0.39 is 0 Å². The second-order valence-electron chi connectivity index (χ2n) is 3.70. The Morgan fingerprint density at radius 2 is 2.25 bits per heavy atom. The molecule has 16 heavy (non-hydrogen) atoms. The minimum atomic E-state index is 0.474. The van der Waals surface area contributed by atoms with Crippen molar-refractivity contribution < 1.29 is 4.74 Å². The number of thiocarbonyl (C=S) groups is 1. The molecule has 1 atom stereocenters. The molecule has 0 amide bonds. The Morgan fingerprint density at radius 1 is 1.56 bits per heavy atom. The second kappa shape index (κ2) is 10.2. The van der Waals surface area contributed by atoms with Crippen molar-refractivity contribution >= 4 is 29.1 Å². The fourth-order valence-corrected chi connectivity index (χ4v) is 2.18. The first kappa shape index (κ1) is 16.0. The van der Waals surface area contributed by atoms with E-state index in [-0.39, 0.29) is 0 Å². The van der Waals surface area contributed by atoms with Crippen LogP contribution in [0.2, 0.25) is 0 Å². The van der Waals surface area contributed by atoms with Crippen LogP contribution in [0.3, 0.4) is 0 Å². The van der Waals surface area contributed by atoms with E-state index in [1.54, 1.807) is 0 Å². The lowest BCUT2D eigenvalue weighted by Crippen LogP contribution is -2.43. The molecule has 0 bridgehead atoms. The van der Waals surface area contributed by atoms with Gasteiger partial charge in [0.25, 0.3) is 0 Å². The lowest BCUT2D eigenvalue weighted by molar-refractivity contribution is 0.145. The first-order chi connectivity index (χ1) is 7.63. The van der Waals surface area contributed by atoms with Gasteiger partial charge in [-0.3, -0.25) is 0 Å². The van der Waals surface area contributed by atoms with Crippen LogP contribution >= 0.6 is 24.0 Å². The summed E-state index contributed by atoms with van der Waals surface area (Å²) < 4.78 is 5.26. The number of nitrogens with zero attached hydrogens (tertiary/aromatic N) is 1. The van der Waals surface area contributed by atoms with Gasteiger partial charge >= 0.3 is 0 Å². The van der Waals surface area contributed by atoms with Crippen LogP contribution in [-0.2, 0) is 4.74 Å². The molecule has 1 N–H and O–H groups in total. The topological polar surface area (TPSA) is 24.5 Å². The van der Waals surface area contributed by atoms with Crippen molar-refractivity contribution in [2.24, 2.45) is 0 Å². The van der Waals surface area contributed by atoms with Gasteiger partial charge in [0.15, 0.2) is 5.11 Å². The van der Waals surface area contributed by atoms with Gasteiger partial charge in [-0.1, -0.05) is 0 Å². The number of rotatable bonds is 8. The van der Waals surface area contributed by atoms with E-state index in [0.717, 1.165) is 37.0 Å². The van der Waals surface area contributed by atoms with Gasteiger partial charge in [-0.15, -0.1) is 0 Å². The Balaban J connectivity index is 3.62. The van der Waals surface area contributed by atoms with Crippen molar-refractivity contribution in [3.8, 4) is 0 Å². The molecular formula is C11H24N2OS2. The molecule has 0 saturated heterocycles. The predicted octanol–water partition coefficient (Wildman–Crippen LogP) is 1.97. The first-order valence-electron chi connectivity index (χ1n) is 5.70. The summed E-state index contributed by atoms with van der Waals surface area (Å²) in [4.78, 5) is 2.12. The minimum Gasteiger partial charge on any atom is -0.382 e. The molecule has 0 spiro atoms. The SMILES string of the molecule is CCOCCCNC(=S)N(C)C(C)CSC. The third kappa shape index (κ3) is 7.30. The monoisotopic (exact) mass is 264 g/mol. The fraction of sp³-hybridized carbons (Fsp3) is 0.909. The first-order valence-corrected chi connectivity index (χ1v) is 7.51. The van der Waals surface area contributed by atoms with E-state index >= 15 is 0 Å². The lowest BCUT2D eigenvalue weighted by atomic mass is 10.3. The number of ether oxygens (including phenoxy) is 1. The molecule has 0 radical (unpaired) electrons. The molecule has 1 unspecified atom stereocenters. The van der Waals surface area contributed by atoms with Crippen LogP contribution in [0, 0.1) is 0 Å². The smallest absolute Gasteiger partial charge is 0.168 e. The van der Waals surface area contributed by atoms with Crippen LogP contribution in [0.1, 0.15) is 20.3 Å². The van der Waals surface area contributed by atoms with Gasteiger partial charge in [0, 0.05) is 38.6 Å². The van der Waals surface area contributed by atoms with E-state index in [2.05, 4.69) is 23.4 Å². The summed E-state index contributed by atoms with van der Waals surface area (Å²) in [7, 11) is 2.04. The highest BCUT2D eigenvalue weighted by Crippen LogP contribution is 2.03. The van der Waals surface area contributed by atoms with Gasteiger partial charge in [-0.05, 0) is 38.7 Å². The van der Waals surface area contributed by atoms with Crippen LogP contribution in [0.4, 0.5) is 0 Å². The van der Waals surface area contributed by atoms with Crippen LogP contribution in [0.5, 0.6) is 0 Å². The van der Waals surface area contributed by atoms with Crippen LogP contribution in [0.15, 0.2) is 0 Å². The maximum atomic E-state index is 5.31. The summed E-state index contributed by atoms with van der Waals surface area (Å²) in [6, 6.07) is 0.474. The van der Waals surface area contributed by atoms with E-state index in [1.165, 1.54) is 0 Å². The Hall–Kier alpha value is 0. The zero-order valence-corrected chi connectivity index (χ0v) is 12.4. The molecule has 0 saturated carbocycles. The number of nitrogens with one attached hydrogen (secondary N) is 1. The average Bonchev–Trinajstić information content (AvgIpc) is 2.27. The number of hydrogen-bond acceptors (Lipinski definition) is 3. The molecular weight excluding hydrogens is 240 g/mol. The molecule has 5 heteroatoms. The second-order valence-corrected chi connectivity index (χ2v) is 5.00. The molecule has 0 aliphatic heterocycles. The van der Waals surface area contributed by atoms with Crippen LogP contribution in [-0.4, -0.2) is 54.9 Å². The maximum absolute atomic E-state index is 5.31. The van der Waals surface area contributed by atoms with Crippen molar-refractivity contribution in [3.05, 3.63) is 0 Å². The molecule has 0 rings (SSSR count). The fourth-order valence-electron chi connectivity index (χ4n) is 1.19. The number of hydrogen-bond donors (Lipinski definition) is 1. The van der Waals surface area contributed by atoms with Crippen molar-refractivity contribution in [3.63, 3.8) is 0 Å². The van der Waals surface area contributed by atoms with Crippen molar-refractivity contribution in [1.82, 2.24) is 10.2 Å². The van der Waals surface area contributed by atoms with Gasteiger partial charge in [0.05, 0.1) is 0 Å². The zero-order chi connectivity index (χ0) is 12.4. The number of thioether (sulfide) groups is 1. The van der Waals surface area contributed by atoms with E-state index in [0.29, 0.717) is 6.04 Å². The van der Waals surface area contributed by atoms with Gasteiger partial charge in [-0.25, -0.2) is 0 Å². The average molecular weight is 264 g/mol. The molecule has 0 aromatic carbocycles. The van der Waals surface area contributed by atoms with Gasteiger partial charge in [0.1, 0.15) is 0 Å². The molecule has 0 aromatic heterocycles. The van der Waals surface area contributed by atoms with Crippen LogP contribution in [0.25, 0.3) is 0 Å². The van der Waals surface area contributed by atoms with Gasteiger partial charge in [0.2, 0.25) is 0 Å². The summed E-state index contributed by atoms with van der Waals surface area (Å²) in [6.07, 6.45) is 3.11. The summed E-state index contributed by atoms with van der Waals surface area (Å²) in [5.41, 5.74) is 0. The van der Waals surface area contributed by atoms with Crippen molar-refractivity contribution in [2.75, 3.05) is 38.8 Å². The van der Waals surface area contributed by atoms with Crippen molar-refractivity contribution in [1.29, 1.82) is 0 Å². The highest BCUT2D eigenvalue weighted by molar-refractivity contribution is 7.98. The molecule has 0 aliphatic carbocycles. The lowest BCUT2D eigenvalue weighted by Gasteiger charge is -2.27.